The van der Waals surface area contributed by atoms with Crippen LogP contribution in [0.25, 0.3) is 6.08 Å². The van der Waals surface area contributed by atoms with Crippen molar-refractivity contribution < 1.29 is 4.39 Å². The maximum Gasteiger partial charge on any atom is 0.135 e. The Hall–Kier alpha value is -1.02. The van der Waals surface area contributed by atoms with Crippen molar-refractivity contribution in [1.82, 2.24) is 0 Å². The summed E-state index contributed by atoms with van der Waals surface area (Å²) in [5.74, 6) is 0.101. The number of benzene rings is 1. The standard InChI is InChI=1S/C10H11ClFN/c1-7-9(13)5-4-8(10(7)12)3-2-6-11/h2-5H,6,13H2,1H3. The molecule has 0 aliphatic heterocycles. The topological polar surface area (TPSA) is 26.0 Å². The minimum Gasteiger partial charge on any atom is -0.398 e. The molecule has 1 nitrogen and oxygen atoms in total. The number of hydrogen-bond acceptors (Lipinski definition) is 1. The average molecular weight is 200 g/mol. The number of rotatable bonds is 2. The molecular weight excluding hydrogens is 189 g/mol. The molecular formula is C10H11ClFN. The highest BCUT2D eigenvalue weighted by molar-refractivity contribution is 6.19. The monoisotopic (exact) mass is 199 g/mol. The largest absolute Gasteiger partial charge is 0.398 e. The second-order valence-corrected chi connectivity index (χ2v) is 3.05. The fourth-order valence-electron chi connectivity index (χ4n) is 1.02. The number of nitrogen functional groups attached to an aromatic ring is 1. The molecule has 0 aromatic heterocycles. The first-order valence-electron chi connectivity index (χ1n) is 3.94. The Kier molecular flexibility index (Phi) is 3.32. The average Bonchev–Trinajstić information content (AvgIpc) is 2.13. The first-order valence-corrected chi connectivity index (χ1v) is 4.47. The second kappa shape index (κ2) is 4.28. The van der Waals surface area contributed by atoms with E-state index in [1.807, 2.05) is 0 Å². The van der Waals surface area contributed by atoms with E-state index in [1.54, 1.807) is 31.2 Å². The van der Waals surface area contributed by atoms with Gasteiger partial charge in [0.05, 0.1) is 0 Å². The van der Waals surface area contributed by atoms with Crippen LogP contribution in [-0.4, -0.2) is 5.88 Å². The number of allylic oxidation sites excluding steroid dienone is 1. The lowest BCUT2D eigenvalue weighted by Gasteiger charge is -2.03. The van der Waals surface area contributed by atoms with Gasteiger partial charge < -0.3 is 5.73 Å². The van der Waals surface area contributed by atoms with Crippen LogP contribution in [-0.2, 0) is 0 Å². The zero-order valence-corrected chi connectivity index (χ0v) is 8.11. The molecule has 0 spiro atoms. The molecule has 1 aromatic carbocycles. The van der Waals surface area contributed by atoms with Crippen molar-refractivity contribution in [2.24, 2.45) is 0 Å². The summed E-state index contributed by atoms with van der Waals surface area (Å²) in [7, 11) is 0. The molecule has 0 heterocycles. The van der Waals surface area contributed by atoms with E-state index in [0.717, 1.165) is 0 Å². The molecule has 0 radical (unpaired) electrons. The molecule has 70 valence electrons. The van der Waals surface area contributed by atoms with Crippen LogP contribution in [0.2, 0.25) is 0 Å². The molecule has 0 fully saturated rings. The third-order valence-electron chi connectivity index (χ3n) is 1.84. The first kappa shape index (κ1) is 10.1. The predicted octanol–water partition coefficient (Wildman–Crippen LogP) is 2.97. The van der Waals surface area contributed by atoms with Crippen LogP contribution in [0.5, 0.6) is 0 Å². The fraction of sp³-hybridized carbons (Fsp3) is 0.200. The van der Waals surface area contributed by atoms with E-state index < -0.39 is 0 Å². The van der Waals surface area contributed by atoms with E-state index in [1.165, 1.54) is 0 Å². The van der Waals surface area contributed by atoms with Crippen molar-refractivity contribution >= 4 is 23.4 Å². The number of alkyl halides is 1. The molecule has 3 heteroatoms. The molecule has 0 saturated carbocycles. The maximum atomic E-state index is 13.4. The van der Waals surface area contributed by atoms with Crippen molar-refractivity contribution in [3.05, 3.63) is 35.2 Å². The Labute approximate surface area is 82.0 Å². The third kappa shape index (κ3) is 2.22. The van der Waals surface area contributed by atoms with Crippen molar-refractivity contribution in [3.8, 4) is 0 Å². The second-order valence-electron chi connectivity index (χ2n) is 2.74. The van der Waals surface area contributed by atoms with Crippen molar-refractivity contribution in [1.29, 1.82) is 0 Å². The Morgan fingerprint density at radius 3 is 2.85 bits per heavy atom. The zero-order chi connectivity index (χ0) is 9.84. The molecule has 1 aromatic rings. The molecule has 1 rings (SSSR count). The molecule has 0 aliphatic rings. The van der Waals surface area contributed by atoms with Gasteiger partial charge in [0, 0.05) is 22.7 Å². The SMILES string of the molecule is Cc1c(N)ccc(C=CCCl)c1F. The molecule has 2 N–H and O–H groups in total. The normalized spacial score (nSPS) is 11.0. The number of anilines is 1. The van der Waals surface area contributed by atoms with Gasteiger partial charge in [0.15, 0.2) is 0 Å². The summed E-state index contributed by atoms with van der Waals surface area (Å²) >= 11 is 5.44. The van der Waals surface area contributed by atoms with E-state index in [4.69, 9.17) is 17.3 Å². The minimum absolute atomic E-state index is 0.277. The summed E-state index contributed by atoms with van der Waals surface area (Å²) in [5, 5.41) is 0. The van der Waals surface area contributed by atoms with Crippen LogP contribution < -0.4 is 5.73 Å². The van der Waals surface area contributed by atoms with Gasteiger partial charge in [0.2, 0.25) is 0 Å². The maximum absolute atomic E-state index is 13.4. The van der Waals surface area contributed by atoms with Gasteiger partial charge in [0.1, 0.15) is 5.82 Å². The molecule has 0 bridgehead atoms. The van der Waals surface area contributed by atoms with Crippen LogP contribution in [0, 0.1) is 12.7 Å². The summed E-state index contributed by atoms with van der Waals surface area (Å²) in [6.07, 6.45) is 3.34. The highest BCUT2D eigenvalue weighted by atomic mass is 35.5. The fourth-order valence-corrected chi connectivity index (χ4v) is 1.11. The third-order valence-corrected chi connectivity index (χ3v) is 2.02. The molecule has 13 heavy (non-hydrogen) atoms. The minimum atomic E-state index is -0.277. The summed E-state index contributed by atoms with van der Waals surface area (Å²) in [4.78, 5) is 0. The van der Waals surface area contributed by atoms with Gasteiger partial charge in [-0.3, -0.25) is 0 Å². The zero-order valence-electron chi connectivity index (χ0n) is 7.35. The van der Waals surface area contributed by atoms with Crippen LogP contribution in [0.3, 0.4) is 0 Å². The van der Waals surface area contributed by atoms with E-state index >= 15 is 0 Å². The van der Waals surface area contributed by atoms with Gasteiger partial charge in [-0.2, -0.15) is 0 Å². The van der Waals surface area contributed by atoms with E-state index in [9.17, 15) is 4.39 Å². The summed E-state index contributed by atoms with van der Waals surface area (Å²) in [5.41, 5.74) is 7.00. The number of nitrogens with two attached hydrogens (primary N) is 1. The van der Waals surface area contributed by atoms with Crippen molar-refractivity contribution in [3.63, 3.8) is 0 Å². The molecule has 0 amide bonds. The van der Waals surface area contributed by atoms with E-state index in [0.29, 0.717) is 22.7 Å². The molecule has 0 aliphatic carbocycles. The van der Waals surface area contributed by atoms with Gasteiger partial charge >= 0.3 is 0 Å². The first-order chi connectivity index (χ1) is 6.16. The van der Waals surface area contributed by atoms with Crippen LogP contribution >= 0.6 is 11.6 Å². The quantitative estimate of drug-likeness (QED) is 0.575. The van der Waals surface area contributed by atoms with Gasteiger partial charge in [-0.25, -0.2) is 4.39 Å². The number of hydrogen-bond donors (Lipinski definition) is 1. The Morgan fingerprint density at radius 1 is 1.54 bits per heavy atom. The number of halogens is 2. The molecule has 0 saturated heterocycles. The van der Waals surface area contributed by atoms with E-state index in [-0.39, 0.29) is 5.82 Å². The van der Waals surface area contributed by atoms with Gasteiger partial charge in [-0.15, -0.1) is 11.6 Å². The predicted molar refractivity (Wildman–Crippen MR) is 55.3 cm³/mol. The van der Waals surface area contributed by atoms with Gasteiger partial charge in [0.25, 0.3) is 0 Å². The van der Waals surface area contributed by atoms with Gasteiger partial charge in [-0.05, 0) is 19.1 Å². The lowest BCUT2D eigenvalue weighted by Crippen LogP contribution is -1.94. The lowest BCUT2D eigenvalue weighted by molar-refractivity contribution is 0.616. The Morgan fingerprint density at radius 2 is 2.23 bits per heavy atom. The highest BCUT2D eigenvalue weighted by Gasteiger charge is 2.04. The van der Waals surface area contributed by atoms with Gasteiger partial charge in [-0.1, -0.05) is 12.2 Å². The van der Waals surface area contributed by atoms with Crippen LogP contribution in [0.1, 0.15) is 11.1 Å². The Balaban J connectivity index is 3.11. The van der Waals surface area contributed by atoms with E-state index in [2.05, 4.69) is 0 Å². The summed E-state index contributed by atoms with van der Waals surface area (Å²) < 4.78 is 13.4. The Bertz CT molecular complexity index is 334. The van der Waals surface area contributed by atoms with Crippen molar-refractivity contribution in [2.75, 3.05) is 11.6 Å². The summed E-state index contributed by atoms with van der Waals surface area (Å²) in [6, 6.07) is 3.33. The summed E-state index contributed by atoms with van der Waals surface area (Å²) in [6.45, 7) is 1.66. The smallest absolute Gasteiger partial charge is 0.135 e. The highest BCUT2D eigenvalue weighted by Crippen LogP contribution is 2.19. The van der Waals surface area contributed by atoms with Crippen molar-refractivity contribution in [2.45, 2.75) is 6.92 Å². The van der Waals surface area contributed by atoms with Crippen LogP contribution in [0.15, 0.2) is 18.2 Å². The lowest BCUT2D eigenvalue weighted by atomic mass is 10.1. The van der Waals surface area contributed by atoms with Crippen LogP contribution in [0.4, 0.5) is 10.1 Å². The molecule has 0 atom stereocenters. The molecule has 0 unspecified atom stereocenters.